The summed E-state index contributed by atoms with van der Waals surface area (Å²) in [5.74, 6) is 1.95. The number of hydrogen-bond donors (Lipinski definition) is 4. The molecule has 1 rings (SSSR count). The number of terminal acetylenes is 1. The molecule has 12 nitrogen and oxygen atoms in total. The number of aliphatic hydroxyl groups excluding tert-OH is 3. The third-order valence-electron chi connectivity index (χ3n) is 5.56. The van der Waals surface area contributed by atoms with E-state index < -0.39 is 37.4 Å². The van der Waals surface area contributed by atoms with E-state index in [2.05, 4.69) is 11.2 Å². The van der Waals surface area contributed by atoms with Crippen LogP contribution in [0.3, 0.4) is 0 Å². The number of rotatable bonds is 23. The van der Waals surface area contributed by atoms with Crippen molar-refractivity contribution in [2.24, 2.45) is 0 Å². The zero-order valence-corrected chi connectivity index (χ0v) is 22.4. The summed E-state index contributed by atoms with van der Waals surface area (Å²) in [6, 6.07) is 9.23. The van der Waals surface area contributed by atoms with E-state index in [4.69, 9.17) is 30.1 Å². The van der Waals surface area contributed by atoms with E-state index >= 15 is 0 Å². The van der Waals surface area contributed by atoms with Crippen LogP contribution in [-0.2, 0) is 35.1 Å². The Bertz CT molecular complexity index is 806. The Hall–Kier alpha value is -2.76. The van der Waals surface area contributed by atoms with Gasteiger partial charge in [-0.25, -0.2) is 4.79 Å². The second kappa shape index (κ2) is 22.1. The summed E-state index contributed by atoms with van der Waals surface area (Å²) in [6.45, 7) is 1.03. The average Bonchev–Trinajstić information content (AvgIpc) is 2.96. The van der Waals surface area contributed by atoms with Crippen molar-refractivity contribution in [3.8, 4) is 12.3 Å². The van der Waals surface area contributed by atoms with Gasteiger partial charge in [-0.1, -0.05) is 36.3 Å². The molecule has 0 unspecified atom stereocenters. The van der Waals surface area contributed by atoms with Crippen LogP contribution in [0, 0.1) is 12.3 Å². The lowest BCUT2D eigenvalue weighted by atomic mass is 9.99. The first kappa shape index (κ1) is 34.3. The summed E-state index contributed by atoms with van der Waals surface area (Å²) in [7, 11) is 0. The highest BCUT2D eigenvalue weighted by atomic mass is 16.6. The Morgan fingerprint density at radius 3 is 2.00 bits per heavy atom. The molecule has 0 aliphatic heterocycles. The van der Waals surface area contributed by atoms with Gasteiger partial charge in [-0.3, -0.25) is 4.79 Å². The lowest BCUT2D eigenvalue weighted by Crippen LogP contribution is -2.60. The molecule has 0 fully saturated rings. The standard InChI is InChI=1S/C27H42N2O10/c1-2-12-35-14-16-37-18-19-38-17-15-36-13-9-25(33)29(27(21-30,22-31)23-32)11-6-10-28-26(34)39-20-24-7-4-3-5-8-24/h1,3-5,7-8,30-32H,6,9-23H2,(H,28,34). The molecule has 39 heavy (non-hydrogen) atoms. The summed E-state index contributed by atoms with van der Waals surface area (Å²) >= 11 is 0. The maximum Gasteiger partial charge on any atom is 0.407 e. The quantitative estimate of drug-likeness (QED) is 0.107. The fraction of sp³-hybridized carbons (Fsp3) is 0.630. The second-order valence-electron chi connectivity index (χ2n) is 8.43. The second-order valence-corrected chi connectivity index (χ2v) is 8.43. The van der Waals surface area contributed by atoms with Gasteiger partial charge in [0.1, 0.15) is 18.8 Å². The van der Waals surface area contributed by atoms with Crippen LogP contribution in [0.5, 0.6) is 0 Å². The number of alkyl carbamates (subject to hydrolysis) is 1. The molecule has 1 aromatic rings. The van der Waals surface area contributed by atoms with Crippen molar-refractivity contribution in [1.82, 2.24) is 10.2 Å². The van der Waals surface area contributed by atoms with E-state index in [0.29, 0.717) is 39.5 Å². The predicted octanol–water partition coefficient (Wildman–Crippen LogP) is -0.0631. The van der Waals surface area contributed by atoms with Gasteiger partial charge in [0.15, 0.2) is 0 Å². The van der Waals surface area contributed by atoms with Crippen molar-refractivity contribution in [1.29, 1.82) is 0 Å². The van der Waals surface area contributed by atoms with Gasteiger partial charge in [0, 0.05) is 13.1 Å². The molecule has 12 heteroatoms. The summed E-state index contributed by atoms with van der Waals surface area (Å²) in [5.41, 5.74) is -0.691. The molecule has 220 valence electrons. The molecule has 4 N–H and O–H groups in total. The van der Waals surface area contributed by atoms with Crippen molar-refractivity contribution in [3.63, 3.8) is 0 Å². The van der Waals surface area contributed by atoms with Crippen LogP contribution in [-0.4, -0.2) is 124 Å². The predicted molar refractivity (Wildman–Crippen MR) is 142 cm³/mol. The molecule has 0 aliphatic carbocycles. The fourth-order valence-corrected chi connectivity index (χ4v) is 3.32. The van der Waals surface area contributed by atoms with Gasteiger partial charge in [-0.2, -0.15) is 0 Å². The molecule has 0 saturated heterocycles. The van der Waals surface area contributed by atoms with Gasteiger partial charge in [0.2, 0.25) is 5.91 Å². The lowest BCUT2D eigenvalue weighted by molar-refractivity contribution is -0.147. The molecule has 0 atom stereocenters. The van der Waals surface area contributed by atoms with Crippen LogP contribution >= 0.6 is 0 Å². The number of nitrogens with zero attached hydrogens (tertiary/aromatic N) is 1. The van der Waals surface area contributed by atoms with Crippen molar-refractivity contribution < 1.29 is 48.6 Å². The maximum absolute atomic E-state index is 12.9. The van der Waals surface area contributed by atoms with Gasteiger partial charge in [-0.05, 0) is 12.0 Å². The van der Waals surface area contributed by atoms with Crippen LogP contribution in [0.25, 0.3) is 0 Å². The number of aliphatic hydroxyl groups is 3. The molecule has 1 aromatic carbocycles. The van der Waals surface area contributed by atoms with Crippen molar-refractivity contribution in [2.45, 2.75) is 25.0 Å². The van der Waals surface area contributed by atoms with Crippen LogP contribution < -0.4 is 5.32 Å². The molecule has 0 heterocycles. The van der Waals surface area contributed by atoms with E-state index in [1.807, 2.05) is 30.3 Å². The molecular weight excluding hydrogens is 512 g/mol. The zero-order valence-electron chi connectivity index (χ0n) is 22.4. The minimum absolute atomic E-state index is 0.0327. The number of benzene rings is 1. The van der Waals surface area contributed by atoms with Crippen molar-refractivity contribution >= 4 is 12.0 Å². The van der Waals surface area contributed by atoms with Gasteiger partial charge in [0.25, 0.3) is 0 Å². The van der Waals surface area contributed by atoms with Gasteiger partial charge >= 0.3 is 6.09 Å². The first-order chi connectivity index (χ1) is 19.0. The van der Waals surface area contributed by atoms with Crippen LogP contribution in [0.15, 0.2) is 30.3 Å². The van der Waals surface area contributed by atoms with Gasteiger partial charge in [-0.15, -0.1) is 6.42 Å². The Morgan fingerprint density at radius 1 is 0.872 bits per heavy atom. The molecule has 0 bridgehead atoms. The number of nitrogens with one attached hydrogen (secondary N) is 1. The minimum Gasteiger partial charge on any atom is -0.445 e. The summed E-state index contributed by atoms with van der Waals surface area (Å²) in [6.07, 6.45) is 4.74. The van der Waals surface area contributed by atoms with E-state index in [9.17, 15) is 24.9 Å². The molecule has 0 aromatic heterocycles. The average molecular weight is 555 g/mol. The molecule has 0 saturated carbocycles. The Balaban J connectivity index is 2.31. The number of amides is 2. The topological polar surface area (TPSA) is 156 Å². The van der Waals surface area contributed by atoms with Crippen LogP contribution in [0.2, 0.25) is 0 Å². The van der Waals surface area contributed by atoms with E-state index in [0.717, 1.165) is 5.56 Å². The molecule has 0 aliphatic rings. The third-order valence-corrected chi connectivity index (χ3v) is 5.56. The molecular formula is C27H42N2O10. The highest BCUT2D eigenvalue weighted by Gasteiger charge is 2.38. The van der Waals surface area contributed by atoms with E-state index in [1.165, 1.54) is 4.90 Å². The summed E-state index contributed by atoms with van der Waals surface area (Å²) in [5, 5.41) is 32.1. The smallest absolute Gasteiger partial charge is 0.407 e. The van der Waals surface area contributed by atoms with Gasteiger partial charge < -0.3 is 49.2 Å². The summed E-state index contributed by atoms with van der Waals surface area (Å²) in [4.78, 5) is 26.0. The normalized spacial score (nSPS) is 11.1. The first-order valence-corrected chi connectivity index (χ1v) is 12.8. The highest BCUT2D eigenvalue weighted by Crippen LogP contribution is 2.17. The molecule has 2 amide bonds. The van der Waals surface area contributed by atoms with Crippen molar-refractivity contribution in [2.75, 3.05) is 85.8 Å². The summed E-state index contributed by atoms with van der Waals surface area (Å²) < 4.78 is 26.4. The first-order valence-electron chi connectivity index (χ1n) is 12.8. The maximum atomic E-state index is 12.9. The zero-order chi connectivity index (χ0) is 28.6. The van der Waals surface area contributed by atoms with Crippen LogP contribution in [0.4, 0.5) is 4.79 Å². The number of ether oxygens (including phenoxy) is 5. The molecule has 0 spiro atoms. The number of hydrogen-bond acceptors (Lipinski definition) is 10. The van der Waals surface area contributed by atoms with Crippen LogP contribution in [0.1, 0.15) is 18.4 Å². The fourth-order valence-electron chi connectivity index (χ4n) is 3.32. The third kappa shape index (κ3) is 14.8. The number of carbonyl (C=O) groups excluding carboxylic acids is 2. The van der Waals surface area contributed by atoms with E-state index in [-0.39, 0.29) is 45.9 Å². The Labute approximate surface area is 230 Å². The van der Waals surface area contributed by atoms with E-state index in [1.54, 1.807) is 0 Å². The largest absolute Gasteiger partial charge is 0.445 e. The van der Waals surface area contributed by atoms with Crippen molar-refractivity contribution in [3.05, 3.63) is 35.9 Å². The number of carbonyl (C=O) groups is 2. The lowest BCUT2D eigenvalue weighted by Gasteiger charge is -2.40. The molecule has 0 radical (unpaired) electrons. The van der Waals surface area contributed by atoms with Gasteiger partial charge in [0.05, 0.1) is 72.5 Å². The monoisotopic (exact) mass is 554 g/mol. The highest BCUT2D eigenvalue weighted by molar-refractivity contribution is 5.77. The minimum atomic E-state index is -1.54. The SMILES string of the molecule is C#CCOCCOCCOCCOCCC(=O)N(CCCNC(=O)OCc1ccccc1)C(CO)(CO)CO. The Kier molecular flexibility index (Phi) is 19.4. The Morgan fingerprint density at radius 2 is 1.44 bits per heavy atom.